The lowest BCUT2D eigenvalue weighted by Gasteiger charge is -1.98. The van der Waals surface area contributed by atoms with E-state index in [4.69, 9.17) is 4.42 Å². The summed E-state index contributed by atoms with van der Waals surface area (Å²) in [5.74, 6) is -0.413. The molecule has 0 aliphatic rings. The summed E-state index contributed by atoms with van der Waals surface area (Å²) >= 11 is 0. The highest BCUT2D eigenvalue weighted by Crippen LogP contribution is 2.23. The molecule has 2 aromatic heterocycles. The van der Waals surface area contributed by atoms with Crippen molar-refractivity contribution < 1.29 is 13.6 Å². The Morgan fingerprint density at radius 2 is 2.11 bits per heavy atom. The van der Waals surface area contributed by atoms with Crippen LogP contribution < -0.4 is 5.63 Å². The van der Waals surface area contributed by atoms with Gasteiger partial charge >= 0.3 is 5.63 Å². The molecular weight excluding hydrogens is 237 g/mol. The Morgan fingerprint density at radius 3 is 2.89 bits per heavy atom. The van der Waals surface area contributed by atoms with Gasteiger partial charge in [-0.05, 0) is 24.3 Å². The molecule has 0 unspecified atom stereocenters. The van der Waals surface area contributed by atoms with Gasteiger partial charge in [-0.2, -0.15) is 0 Å². The van der Waals surface area contributed by atoms with Crippen molar-refractivity contribution in [2.45, 2.75) is 6.42 Å². The van der Waals surface area contributed by atoms with Crippen molar-refractivity contribution in [1.82, 2.24) is 4.98 Å². The van der Waals surface area contributed by atoms with Crippen molar-refractivity contribution in [3.63, 3.8) is 0 Å². The van der Waals surface area contributed by atoms with E-state index < -0.39 is 11.4 Å². The van der Waals surface area contributed by atoms with Crippen molar-refractivity contribution in [2.75, 3.05) is 0 Å². The van der Waals surface area contributed by atoms with Crippen LogP contribution in [0.2, 0.25) is 0 Å². The van der Waals surface area contributed by atoms with Crippen LogP contribution in [0, 0.1) is 5.82 Å². The maximum Gasteiger partial charge on any atom is 0.345 e. The predicted molar refractivity (Wildman–Crippen MR) is 64.1 cm³/mol. The number of fused-ring (bicyclic) bond motifs is 3. The monoisotopic (exact) mass is 245 g/mol. The van der Waals surface area contributed by atoms with Crippen molar-refractivity contribution in [1.29, 1.82) is 0 Å². The van der Waals surface area contributed by atoms with Gasteiger partial charge in [0, 0.05) is 17.5 Å². The first-order valence-corrected chi connectivity index (χ1v) is 5.36. The van der Waals surface area contributed by atoms with Crippen molar-refractivity contribution >= 4 is 28.2 Å². The van der Waals surface area contributed by atoms with Gasteiger partial charge in [0.2, 0.25) is 0 Å². The summed E-state index contributed by atoms with van der Waals surface area (Å²) < 4.78 is 18.3. The zero-order valence-corrected chi connectivity index (χ0v) is 9.20. The third-order valence-electron chi connectivity index (χ3n) is 2.81. The minimum absolute atomic E-state index is 0.172. The third kappa shape index (κ3) is 1.52. The normalized spacial score (nSPS) is 11.2. The van der Waals surface area contributed by atoms with Crippen molar-refractivity contribution in [3.05, 3.63) is 46.2 Å². The molecule has 3 rings (SSSR count). The van der Waals surface area contributed by atoms with E-state index in [1.54, 1.807) is 6.07 Å². The highest BCUT2D eigenvalue weighted by Gasteiger charge is 2.11. The van der Waals surface area contributed by atoms with Gasteiger partial charge in [0.25, 0.3) is 0 Å². The molecule has 0 bridgehead atoms. The Morgan fingerprint density at radius 1 is 1.28 bits per heavy atom. The molecule has 0 aliphatic heterocycles. The summed E-state index contributed by atoms with van der Waals surface area (Å²) in [5, 5.41) is 0.812. The number of benzene rings is 1. The Hall–Kier alpha value is -2.43. The van der Waals surface area contributed by atoms with E-state index in [2.05, 4.69) is 4.98 Å². The van der Waals surface area contributed by atoms with Crippen LogP contribution in [0.4, 0.5) is 4.39 Å². The lowest BCUT2D eigenvalue weighted by Crippen LogP contribution is -1.98. The number of carbonyl (C=O) groups is 1. The second-order valence-corrected chi connectivity index (χ2v) is 3.98. The Labute approximate surface area is 100 Å². The van der Waals surface area contributed by atoms with Gasteiger partial charge < -0.3 is 14.2 Å². The average Bonchev–Trinajstić information content (AvgIpc) is 2.76. The van der Waals surface area contributed by atoms with Crippen LogP contribution >= 0.6 is 0 Å². The van der Waals surface area contributed by atoms with Crippen LogP contribution in [-0.2, 0) is 11.2 Å². The van der Waals surface area contributed by atoms with Crippen LogP contribution in [0.25, 0.3) is 21.9 Å². The summed E-state index contributed by atoms with van der Waals surface area (Å²) in [6.45, 7) is 0. The van der Waals surface area contributed by atoms with E-state index >= 15 is 0 Å². The zero-order valence-electron chi connectivity index (χ0n) is 9.20. The number of H-pyrrole nitrogens is 1. The third-order valence-corrected chi connectivity index (χ3v) is 2.81. The minimum atomic E-state index is -0.502. The maximum atomic E-state index is 13.2. The largest absolute Gasteiger partial charge is 0.422 e. The maximum absolute atomic E-state index is 13.2. The molecule has 90 valence electrons. The molecule has 0 amide bonds. The second kappa shape index (κ2) is 3.80. The fourth-order valence-corrected chi connectivity index (χ4v) is 2.02. The van der Waals surface area contributed by atoms with Crippen LogP contribution in [0.3, 0.4) is 0 Å². The van der Waals surface area contributed by atoms with E-state index in [1.807, 2.05) is 0 Å². The number of aromatic nitrogens is 1. The number of halogens is 1. The molecular formula is C13H8FNO3. The van der Waals surface area contributed by atoms with Crippen LogP contribution in [-0.4, -0.2) is 11.3 Å². The highest BCUT2D eigenvalue weighted by atomic mass is 19.1. The Kier molecular flexibility index (Phi) is 2.26. The molecule has 0 fully saturated rings. The van der Waals surface area contributed by atoms with E-state index in [0.717, 1.165) is 6.29 Å². The van der Waals surface area contributed by atoms with Gasteiger partial charge in [0.05, 0.1) is 10.9 Å². The van der Waals surface area contributed by atoms with Crippen LogP contribution in [0.5, 0.6) is 0 Å². The number of rotatable bonds is 2. The Balaban J connectivity index is 2.46. The van der Waals surface area contributed by atoms with Crippen LogP contribution in [0.15, 0.2) is 33.5 Å². The zero-order chi connectivity index (χ0) is 12.7. The molecule has 0 saturated heterocycles. The smallest absolute Gasteiger partial charge is 0.345 e. The lowest BCUT2D eigenvalue weighted by atomic mass is 10.2. The quantitative estimate of drug-likeness (QED) is 0.555. The molecule has 5 heteroatoms. The van der Waals surface area contributed by atoms with Crippen molar-refractivity contribution in [3.8, 4) is 0 Å². The number of carbonyl (C=O) groups excluding carboxylic acids is 1. The molecule has 18 heavy (non-hydrogen) atoms. The number of nitrogens with one attached hydrogen (secondary N) is 1. The minimum Gasteiger partial charge on any atom is -0.422 e. The van der Waals surface area contributed by atoms with Gasteiger partial charge in [0.15, 0.2) is 0 Å². The first-order chi connectivity index (χ1) is 8.69. The van der Waals surface area contributed by atoms with Gasteiger partial charge in [-0.3, -0.25) is 0 Å². The standard InChI is InChI=1S/C13H8FNO3/c14-7-1-2-11-9(5-7)12-10(13(17)18-11)6-8(15-12)3-4-16/h1-2,4-6,15H,3H2. The van der Waals surface area contributed by atoms with Crippen molar-refractivity contribution in [2.24, 2.45) is 0 Å². The first kappa shape index (κ1) is 10.7. The van der Waals surface area contributed by atoms with Gasteiger partial charge in [-0.1, -0.05) is 0 Å². The molecule has 0 spiro atoms. The first-order valence-electron chi connectivity index (χ1n) is 5.36. The number of aromatic amines is 1. The van der Waals surface area contributed by atoms with E-state index in [0.29, 0.717) is 27.6 Å². The molecule has 0 aliphatic carbocycles. The molecule has 3 aromatic rings. The summed E-state index contributed by atoms with van der Waals surface area (Å²) in [6, 6.07) is 5.49. The molecule has 0 radical (unpaired) electrons. The summed E-state index contributed by atoms with van der Waals surface area (Å²) in [5.41, 5.74) is 0.910. The molecule has 1 N–H and O–H groups in total. The topological polar surface area (TPSA) is 63.1 Å². The number of hydrogen-bond donors (Lipinski definition) is 1. The lowest BCUT2D eigenvalue weighted by molar-refractivity contribution is -0.107. The highest BCUT2D eigenvalue weighted by molar-refractivity contribution is 6.02. The SMILES string of the molecule is O=CCc1cc2c(=O)oc3ccc(F)cc3c2[nH]1. The second-order valence-electron chi connectivity index (χ2n) is 3.98. The molecule has 2 heterocycles. The summed E-state index contributed by atoms with van der Waals surface area (Å²) in [4.78, 5) is 25.1. The molecule has 0 atom stereocenters. The van der Waals surface area contributed by atoms with Gasteiger partial charge in [-0.15, -0.1) is 0 Å². The molecule has 0 saturated carbocycles. The summed E-state index contributed by atoms with van der Waals surface area (Å²) in [7, 11) is 0. The van der Waals surface area contributed by atoms with E-state index in [-0.39, 0.29) is 6.42 Å². The van der Waals surface area contributed by atoms with E-state index in [1.165, 1.54) is 18.2 Å². The predicted octanol–water partition coefficient (Wildman–Crippen LogP) is 2.15. The van der Waals surface area contributed by atoms with E-state index in [9.17, 15) is 14.0 Å². The molecule has 1 aromatic carbocycles. The van der Waals surface area contributed by atoms with Gasteiger partial charge in [0.1, 0.15) is 17.7 Å². The average molecular weight is 245 g/mol. The fraction of sp³-hybridized carbons (Fsp3) is 0.0769. The fourth-order valence-electron chi connectivity index (χ4n) is 2.02. The molecule has 4 nitrogen and oxygen atoms in total. The Bertz CT molecular complexity index is 816. The summed E-state index contributed by atoms with van der Waals surface area (Å²) in [6.07, 6.45) is 0.903. The number of hydrogen-bond acceptors (Lipinski definition) is 3. The van der Waals surface area contributed by atoms with Crippen LogP contribution in [0.1, 0.15) is 5.69 Å². The van der Waals surface area contributed by atoms with Gasteiger partial charge in [-0.25, -0.2) is 9.18 Å². The number of aldehydes is 1.